The molecule has 4 unspecified atom stereocenters. The van der Waals surface area contributed by atoms with E-state index in [1.54, 1.807) is 0 Å². The van der Waals surface area contributed by atoms with Gasteiger partial charge in [-0.3, -0.25) is 0 Å². The Morgan fingerprint density at radius 3 is 2.29 bits per heavy atom. The van der Waals surface area contributed by atoms with Crippen molar-refractivity contribution in [3.63, 3.8) is 0 Å². The summed E-state index contributed by atoms with van der Waals surface area (Å²) in [5.74, 6) is 2.61. The SMILES string of the molecule is CC(C)C1CC(NC(N)=O)C(C)C1C. The maximum absolute atomic E-state index is 10.8. The van der Waals surface area contributed by atoms with Gasteiger partial charge in [0.1, 0.15) is 0 Å². The number of nitrogens with two attached hydrogens (primary N) is 1. The van der Waals surface area contributed by atoms with E-state index >= 15 is 0 Å². The number of urea groups is 1. The molecule has 1 saturated carbocycles. The summed E-state index contributed by atoms with van der Waals surface area (Å²) in [5.41, 5.74) is 5.15. The molecular weight excluding hydrogens is 176 g/mol. The highest BCUT2D eigenvalue weighted by molar-refractivity contribution is 5.72. The van der Waals surface area contributed by atoms with E-state index in [2.05, 4.69) is 33.0 Å². The highest BCUT2D eigenvalue weighted by Gasteiger charge is 2.39. The molecular formula is C11H22N2O. The zero-order valence-corrected chi connectivity index (χ0v) is 9.58. The van der Waals surface area contributed by atoms with Gasteiger partial charge in [-0.2, -0.15) is 0 Å². The van der Waals surface area contributed by atoms with E-state index in [9.17, 15) is 4.79 Å². The van der Waals surface area contributed by atoms with Crippen molar-refractivity contribution < 1.29 is 4.79 Å². The van der Waals surface area contributed by atoms with Crippen molar-refractivity contribution in [2.45, 2.75) is 40.2 Å². The Morgan fingerprint density at radius 1 is 1.36 bits per heavy atom. The topological polar surface area (TPSA) is 55.1 Å². The summed E-state index contributed by atoms with van der Waals surface area (Å²) in [4.78, 5) is 10.8. The summed E-state index contributed by atoms with van der Waals surface area (Å²) in [6.45, 7) is 8.98. The van der Waals surface area contributed by atoms with Crippen LogP contribution in [0.1, 0.15) is 34.1 Å². The number of carbonyl (C=O) groups is 1. The standard InChI is InChI=1S/C11H22N2O/c1-6(2)9-5-10(13-11(12)14)8(4)7(9)3/h6-10H,5H2,1-4H3,(H3,12,13,14). The second kappa shape index (κ2) is 4.20. The van der Waals surface area contributed by atoms with Gasteiger partial charge in [0.15, 0.2) is 0 Å². The number of carbonyl (C=O) groups excluding carboxylic acids is 1. The van der Waals surface area contributed by atoms with Gasteiger partial charge in [0.25, 0.3) is 0 Å². The van der Waals surface area contributed by atoms with Gasteiger partial charge in [0.05, 0.1) is 0 Å². The van der Waals surface area contributed by atoms with Crippen LogP contribution >= 0.6 is 0 Å². The van der Waals surface area contributed by atoms with E-state index in [-0.39, 0.29) is 6.04 Å². The first-order valence-electron chi connectivity index (χ1n) is 5.49. The summed E-state index contributed by atoms with van der Waals surface area (Å²) in [5, 5.41) is 2.85. The normalized spacial score (nSPS) is 37.5. The minimum Gasteiger partial charge on any atom is -0.352 e. The molecule has 0 aromatic heterocycles. The van der Waals surface area contributed by atoms with Crippen molar-refractivity contribution in [3.8, 4) is 0 Å². The molecule has 4 atom stereocenters. The van der Waals surface area contributed by atoms with Gasteiger partial charge >= 0.3 is 6.03 Å². The van der Waals surface area contributed by atoms with Crippen LogP contribution in [0.5, 0.6) is 0 Å². The molecule has 1 rings (SSSR count). The minimum atomic E-state index is -0.390. The average Bonchev–Trinajstić information content (AvgIpc) is 2.32. The quantitative estimate of drug-likeness (QED) is 0.700. The van der Waals surface area contributed by atoms with E-state index in [1.807, 2.05) is 0 Å². The molecule has 0 spiro atoms. The van der Waals surface area contributed by atoms with E-state index in [0.717, 1.165) is 6.42 Å². The predicted octanol–water partition coefficient (Wildman–Crippen LogP) is 1.97. The van der Waals surface area contributed by atoms with Crippen LogP contribution in [0.4, 0.5) is 4.79 Å². The van der Waals surface area contributed by atoms with E-state index in [4.69, 9.17) is 5.73 Å². The lowest BCUT2D eigenvalue weighted by atomic mass is 9.85. The summed E-state index contributed by atoms with van der Waals surface area (Å²) < 4.78 is 0. The summed E-state index contributed by atoms with van der Waals surface area (Å²) in [6, 6.07) is -0.117. The smallest absolute Gasteiger partial charge is 0.312 e. The number of nitrogens with one attached hydrogen (secondary N) is 1. The van der Waals surface area contributed by atoms with Crippen molar-refractivity contribution in [2.24, 2.45) is 29.4 Å². The zero-order valence-electron chi connectivity index (χ0n) is 9.58. The lowest BCUT2D eigenvalue weighted by Crippen LogP contribution is -2.40. The van der Waals surface area contributed by atoms with Crippen LogP contribution < -0.4 is 11.1 Å². The molecule has 1 fully saturated rings. The van der Waals surface area contributed by atoms with Crippen molar-refractivity contribution in [3.05, 3.63) is 0 Å². The number of amides is 2. The third kappa shape index (κ3) is 2.20. The molecule has 0 saturated heterocycles. The highest BCUT2D eigenvalue weighted by atomic mass is 16.2. The van der Waals surface area contributed by atoms with E-state index < -0.39 is 6.03 Å². The lowest BCUT2D eigenvalue weighted by Gasteiger charge is -2.21. The van der Waals surface area contributed by atoms with Crippen molar-refractivity contribution in [1.82, 2.24) is 5.32 Å². The van der Waals surface area contributed by atoms with Gasteiger partial charge in [-0.25, -0.2) is 4.79 Å². The second-order valence-electron chi connectivity index (χ2n) is 4.98. The highest BCUT2D eigenvalue weighted by Crippen LogP contribution is 2.40. The fraction of sp³-hybridized carbons (Fsp3) is 0.909. The van der Waals surface area contributed by atoms with Crippen LogP contribution in [0, 0.1) is 23.7 Å². The van der Waals surface area contributed by atoms with Gasteiger partial charge in [-0.15, -0.1) is 0 Å². The maximum atomic E-state index is 10.8. The number of rotatable bonds is 2. The van der Waals surface area contributed by atoms with Gasteiger partial charge in [0.2, 0.25) is 0 Å². The largest absolute Gasteiger partial charge is 0.352 e. The van der Waals surface area contributed by atoms with E-state index in [0.29, 0.717) is 23.7 Å². The van der Waals surface area contributed by atoms with Crippen LogP contribution in [0.15, 0.2) is 0 Å². The predicted molar refractivity (Wildman–Crippen MR) is 57.8 cm³/mol. The number of hydrogen-bond donors (Lipinski definition) is 2. The lowest BCUT2D eigenvalue weighted by molar-refractivity contribution is 0.241. The van der Waals surface area contributed by atoms with Crippen LogP contribution in [-0.2, 0) is 0 Å². The Balaban J connectivity index is 2.62. The maximum Gasteiger partial charge on any atom is 0.312 e. The second-order valence-corrected chi connectivity index (χ2v) is 4.98. The Morgan fingerprint density at radius 2 is 1.93 bits per heavy atom. The van der Waals surface area contributed by atoms with Gasteiger partial charge in [-0.1, -0.05) is 27.7 Å². The Hall–Kier alpha value is -0.730. The van der Waals surface area contributed by atoms with Crippen LogP contribution in [0.3, 0.4) is 0 Å². The molecule has 82 valence electrons. The third-order valence-corrected chi connectivity index (χ3v) is 3.85. The molecule has 0 aliphatic heterocycles. The molecule has 2 amide bonds. The molecule has 1 aliphatic carbocycles. The molecule has 14 heavy (non-hydrogen) atoms. The van der Waals surface area contributed by atoms with E-state index in [1.165, 1.54) is 0 Å². The van der Waals surface area contributed by atoms with Crippen LogP contribution in [0.2, 0.25) is 0 Å². The summed E-state index contributed by atoms with van der Waals surface area (Å²) in [6.07, 6.45) is 1.07. The Bertz CT molecular complexity index is 215. The molecule has 0 heterocycles. The fourth-order valence-electron chi connectivity index (χ4n) is 2.73. The van der Waals surface area contributed by atoms with Crippen molar-refractivity contribution in [1.29, 1.82) is 0 Å². The molecule has 0 aromatic rings. The molecule has 3 heteroatoms. The van der Waals surface area contributed by atoms with Crippen molar-refractivity contribution >= 4 is 6.03 Å². The number of hydrogen-bond acceptors (Lipinski definition) is 1. The summed E-state index contributed by atoms with van der Waals surface area (Å²) >= 11 is 0. The fourth-order valence-corrected chi connectivity index (χ4v) is 2.73. The first-order valence-corrected chi connectivity index (χ1v) is 5.49. The number of primary amides is 1. The van der Waals surface area contributed by atoms with Crippen molar-refractivity contribution in [2.75, 3.05) is 0 Å². The first kappa shape index (κ1) is 11.3. The zero-order chi connectivity index (χ0) is 10.9. The van der Waals surface area contributed by atoms with Crippen LogP contribution in [-0.4, -0.2) is 12.1 Å². The Kier molecular flexibility index (Phi) is 3.40. The van der Waals surface area contributed by atoms with Crippen LogP contribution in [0.25, 0.3) is 0 Å². The molecule has 1 aliphatic rings. The third-order valence-electron chi connectivity index (χ3n) is 3.85. The van der Waals surface area contributed by atoms with Gasteiger partial charge < -0.3 is 11.1 Å². The summed E-state index contributed by atoms with van der Waals surface area (Å²) in [7, 11) is 0. The Labute approximate surface area is 86.4 Å². The molecule has 0 aromatic carbocycles. The molecule has 3 N–H and O–H groups in total. The molecule has 0 radical (unpaired) electrons. The van der Waals surface area contributed by atoms with Gasteiger partial charge in [-0.05, 0) is 30.1 Å². The average molecular weight is 198 g/mol. The van der Waals surface area contributed by atoms with Gasteiger partial charge in [0, 0.05) is 6.04 Å². The molecule has 3 nitrogen and oxygen atoms in total. The monoisotopic (exact) mass is 198 g/mol. The minimum absolute atomic E-state index is 0.273. The molecule has 0 bridgehead atoms. The first-order chi connectivity index (χ1) is 6.43.